The van der Waals surface area contributed by atoms with Gasteiger partial charge in [-0.05, 0) is 66.6 Å². The number of amides is 2. The maximum absolute atomic E-state index is 13.9. The first-order chi connectivity index (χ1) is 20.8. The Labute approximate surface area is 254 Å². The number of nitrogens with one attached hydrogen (secondary N) is 2. The number of rotatable bonds is 17. The van der Waals surface area contributed by atoms with Crippen LogP contribution in [0.2, 0.25) is 0 Å². The van der Waals surface area contributed by atoms with Crippen LogP contribution in [0.15, 0.2) is 83.8 Å². The van der Waals surface area contributed by atoms with Crippen LogP contribution in [0.4, 0.5) is 0 Å². The van der Waals surface area contributed by atoms with Crippen LogP contribution in [-0.4, -0.2) is 64.6 Å². The van der Waals surface area contributed by atoms with Crippen LogP contribution >= 0.6 is 0 Å². The van der Waals surface area contributed by atoms with Gasteiger partial charge in [0, 0.05) is 45.7 Å². The third-order valence-corrected chi connectivity index (χ3v) is 8.90. The fourth-order valence-corrected chi connectivity index (χ4v) is 6.05. The van der Waals surface area contributed by atoms with Gasteiger partial charge in [-0.15, -0.1) is 0 Å². The van der Waals surface area contributed by atoms with Gasteiger partial charge in [0.2, 0.25) is 21.8 Å². The number of nitrogens with zero attached hydrogens (tertiary/aromatic N) is 1. The first kappa shape index (κ1) is 32.2. The molecule has 43 heavy (non-hydrogen) atoms. The molecule has 0 bridgehead atoms. The van der Waals surface area contributed by atoms with Crippen LogP contribution in [0.5, 0.6) is 5.75 Å². The first-order valence-electron chi connectivity index (χ1n) is 14.6. The molecule has 1 aliphatic rings. The quantitative estimate of drug-likeness (QED) is 0.225. The summed E-state index contributed by atoms with van der Waals surface area (Å²) in [5.41, 5.74) is 2.66. The molecule has 230 valence electrons. The van der Waals surface area contributed by atoms with Crippen LogP contribution in [0.1, 0.15) is 42.4 Å². The number of aryl methyl sites for hydroxylation is 1. The molecule has 9 nitrogen and oxygen atoms in total. The van der Waals surface area contributed by atoms with Gasteiger partial charge >= 0.3 is 0 Å². The van der Waals surface area contributed by atoms with E-state index in [1.165, 1.54) is 0 Å². The van der Waals surface area contributed by atoms with E-state index in [0.29, 0.717) is 38.2 Å². The zero-order valence-corrected chi connectivity index (χ0v) is 25.6. The molecular formula is C33H41N3O6S. The standard InChI is InChI=1S/C33H41N3O6S/c1-41-22-6-21-34-33(38)31(23-26-7-4-3-5-8-26)36(24-27-9-16-29(42-2)17-10-27)32(37)20-13-25-11-18-30(19-12-25)43(39,40)35-28-14-15-28/h3-5,7-12,16-19,28,31,35H,6,13-15,20-24H2,1-2H3,(H,34,38). The number of ether oxygens (including phenoxy) is 2. The lowest BCUT2D eigenvalue weighted by atomic mass is 10.0. The molecular weight excluding hydrogens is 566 g/mol. The molecule has 0 spiro atoms. The average Bonchev–Trinajstić information content (AvgIpc) is 3.84. The van der Waals surface area contributed by atoms with Crippen LogP contribution in [0.25, 0.3) is 0 Å². The molecule has 4 rings (SSSR count). The Morgan fingerprint density at radius 1 is 0.907 bits per heavy atom. The Morgan fingerprint density at radius 3 is 2.21 bits per heavy atom. The van der Waals surface area contributed by atoms with E-state index in [0.717, 1.165) is 29.5 Å². The summed E-state index contributed by atoms with van der Waals surface area (Å²) < 4.78 is 38.2. The van der Waals surface area contributed by atoms with Crippen molar-refractivity contribution in [2.24, 2.45) is 0 Å². The van der Waals surface area contributed by atoms with E-state index in [4.69, 9.17) is 9.47 Å². The molecule has 1 unspecified atom stereocenters. The maximum Gasteiger partial charge on any atom is 0.243 e. The Kier molecular flexibility index (Phi) is 11.7. The van der Waals surface area contributed by atoms with E-state index >= 15 is 0 Å². The van der Waals surface area contributed by atoms with Crippen LogP contribution in [0.3, 0.4) is 0 Å². The molecule has 0 heterocycles. The third kappa shape index (κ3) is 9.91. The van der Waals surface area contributed by atoms with Crippen LogP contribution < -0.4 is 14.8 Å². The molecule has 0 aromatic heterocycles. The fourth-order valence-electron chi connectivity index (χ4n) is 4.75. The summed E-state index contributed by atoms with van der Waals surface area (Å²) in [6.45, 7) is 1.21. The lowest BCUT2D eigenvalue weighted by Crippen LogP contribution is -2.50. The van der Waals surface area contributed by atoms with E-state index in [1.807, 2.05) is 54.6 Å². The van der Waals surface area contributed by atoms with Gasteiger partial charge in [0.25, 0.3) is 0 Å². The number of hydrogen-bond acceptors (Lipinski definition) is 6. The summed E-state index contributed by atoms with van der Waals surface area (Å²) in [6, 6.07) is 23.0. The van der Waals surface area contributed by atoms with Gasteiger partial charge in [-0.3, -0.25) is 9.59 Å². The SMILES string of the molecule is COCCCNC(=O)C(Cc1ccccc1)N(Cc1ccc(OC)cc1)C(=O)CCc1ccc(S(=O)(=O)NC2CC2)cc1. The second kappa shape index (κ2) is 15.7. The third-order valence-electron chi connectivity index (χ3n) is 7.37. The van der Waals surface area contributed by atoms with Crippen molar-refractivity contribution in [2.75, 3.05) is 27.4 Å². The van der Waals surface area contributed by atoms with Gasteiger partial charge in [-0.2, -0.15) is 0 Å². The van der Waals surface area contributed by atoms with Gasteiger partial charge in [-0.25, -0.2) is 13.1 Å². The van der Waals surface area contributed by atoms with Crippen molar-refractivity contribution in [1.82, 2.24) is 14.9 Å². The lowest BCUT2D eigenvalue weighted by molar-refractivity contribution is -0.141. The average molecular weight is 608 g/mol. The predicted molar refractivity (Wildman–Crippen MR) is 165 cm³/mol. The Hall–Kier alpha value is -3.73. The summed E-state index contributed by atoms with van der Waals surface area (Å²) in [5, 5.41) is 2.99. The number of sulfonamides is 1. The highest BCUT2D eigenvalue weighted by Crippen LogP contribution is 2.23. The zero-order valence-electron chi connectivity index (χ0n) is 24.8. The van der Waals surface area contributed by atoms with Crippen molar-refractivity contribution < 1.29 is 27.5 Å². The number of carbonyl (C=O) groups is 2. The van der Waals surface area contributed by atoms with E-state index in [9.17, 15) is 18.0 Å². The van der Waals surface area contributed by atoms with Crippen molar-refractivity contribution in [1.29, 1.82) is 0 Å². The van der Waals surface area contributed by atoms with Crippen molar-refractivity contribution in [3.8, 4) is 5.75 Å². The van der Waals surface area contributed by atoms with Crippen molar-refractivity contribution in [3.05, 3.63) is 95.6 Å². The summed E-state index contributed by atoms with van der Waals surface area (Å²) in [7, 11) is -0.331. The minimum absolute atomic E-state index is 0.0278. The van der Waals surface area contributed by atoms with E-state index in [1.54, 1.807) is 43.4 Å². The Balaban J connectivity index is 1.53. The topological polar surface area (TPSA) is 114 Å². The monoisotopic (exact) mass is 607 g/mol. The molecule has 3 aromatic rings. The zero-order chi connectivity index (χ0) is 30.7. The minimum Gasteiger partial charge on any atom is -0.497 e. The summed E-state index contributed by atoms with van der Waals surface area (Å²) in [4.78, 5) is 29.4. The molecule has 1 aliphatic carbocycles. The molecule has 2 amide bonds. The molecule has 1 fully saturated rings. The number of methoxy groups -OCH3 is 2. The van der Waals surface area contributed by atoms with E-state index in [-0.39, 0.29) is 35.7 Å². The summed E-state index contributed by atoms with van der Waals surface area (Å²) in [6.07, 6.45) is 3.31. The summed E-state index contributed by atoms with van der Waals surface area (Å²) in [5.74, 6) is 0.312. The van der Waals surface area contributed by atoms with Gasteiger partial charge in [-0.1, -0.05) is 54.6 Å². The molecule has 2 N–H and O–H groups in total. The molecule has 3 aromatic carbocycles. The van der Waals surface area contributed by atoms with E-state index in [2.05, 4.69) is 10.0 Å². The maximum atomic E-state index is 13.9. The molecule has 1 saturated carbocycles. The van der Waals surface area contributed by atoms with Gasteiger partial charge in [0.05, 0.1) is 12.0 Å². The highest BCUT2D eigenvalue weighted by molar-refractivity contribution is 7.89. The van der Waals surface area contributed by atoms with Crippen LogP contribution in [-0.2, 0) is 43.7 Å². The predicted octanol–water partition coefficient (Wildman–Crippen LogP) is 3.86. The Morgan fingerprint density at radius 2 is 1.58 bits per heavy atom. The smallest absolute Gasteiger partial charge is 0.243 e. The number of benzene rings is 3. The summed E-state index contributed by atoms with van der Waals surface area (Å²) >= 11 is 0. The first-order valence-corrected chi connectivity index (χ1v) is 16.1. The van der Waals surface area contributed by atoms with Crippen molar-refractivity contribution >= 4 is 21.8 Å². The second-order valence-corrected chi connectivity index (χ2v) is 12.5. The van der Waals surface area contributed by atoms with Crippen molar-refractivity contribution in [2.45, 2.75) is 62.0 Å². The molecule has 0 saturated heterocycles. The van der Waals surface area contributed by atoms with E-state index < -0.39 is 16.1 Å². The van der Waals surface area contributed by atoms with Gasteiger partial charge in [0.1, 0.15) is 11.8 Å². The molecule has 10 heteroatoms. The highest BCUT2D eigenvalue weighted by atomic mass is 32.2. The lowest BCUT2D eigenvalue weighted by Gasteiger charge is -2.32. The largest absolute Gasteiger partial charge is 0.497 e. The van der Waals surface area contributed by atoms with Crippen molar-refractivity contribution in [3.63, 3.8) is 0 Å². The fraction of sp³-hybridized carbons (Fsp3) is 0.394. The second-order valence-electron chi connectivity index (χ2n) is 10.8. The number of hydrogen-bond donors (Lipinski definition) is 2. The molecule has 0 aliphatic heterocycles. The highest BCUT2D eigenvalue weighted by Gasteiger charge is 2.30. The van der Waals surface area contributed by atoms with Gasteiger partial charge in [0.15, 0.2) is 0 Å². The van der Waals surface area contributed by atoms with Gasteiger partial charge < -0.3 is 19.7 Å². The minimum atomic E-state index is -3.55. The molecule has 0 radical (unpaired) electrons. The molecule has 1 atom stereocenters. The Bertz CT molecular complexity index is 1430. The normalized spacial score (nSPS) is 13.7. The van der Waals surface area contributed by atoms with Crippen LogP contribution in [0, 0.1) is 0 Å². The number of carbonyl (C=O) groups excluding carboxylic acids is 2.